The van der Waals surface area contributed by atoms with Crippen LogP contribution >= 0.6 is 0 Å². The molecule has 0 saturated carbocycles. The third kappa shape index (κ3) is 4.84. The summed E-state index contributed by atoms with van der Waals surface area (Å²) >= 11 is 1.83. The molecule has 0 atom stereocenters. The van der Waals surface area contributed by atoms with Gasteiger partial charge in [-0.15, -0.1) is 0 Å². The Hall–Kier alpha value is -0.206. The molecule has 2 rings (SSSR count). The number of allylic oxidation sites excluding steroid dienone is 4. The van der Waals surface area contributed by atoms with Crippen molar-refractivity contribution < 1.29 is 49.0 Å². The van der Waals surface area contributed by atoms with E-state index in [9.17, 15) is 0 Å². The van der Waals surface area contributed by atoms with Crippen LogP contribution in [0, 0.1) is 12.3 Å². The quantitative estimate of drug-likeness (QED) is 0.595. The molecule has 0 amide bonds. The van der Waals surface area contributed by atoms with E-state index in [0.717, 1.165) is 5.75 Å². The Bertz CT molecular complexity index is 847. The third-order valence-corrected chi connectivity index (χ3v) is 6.77. The van der Waals surface area contributed by atoms with Crippen LogP contribution in [0.15, 0.2) is 22.8 Å². The molecule has 0 unspecified atom stereocenters. The zero-order valence-electron chi connectivity index (χ0n) is 20.2. The first-order chi connectivity index (χ1) is 12.1. The Kier molecular flexibility index (Phi) is 9.05. The molecule has 0 saturated heterocycles. The fourth-order valence-corrected chi connectivity index (χ4v) is 4.93. The molecular formula is C25H37Cl2OTi. The minimum atomic E-state index is -0.0134. The number of hydrogen-bond acceptors (Lipinski definition) is 1. The summed E-state index contributed by atoms with van der Waals surface area (Å²) in [5, 5.41) is 0. The van der Waals surface area contributed by atoms with E-state index in [1.54, 1.807) is 0 Å². The van der Waals surface area contributed by atoms with E-state index in [1.807, 2.05) is 20.8 Å². The van der Waals surface area contributed by atoms with Crippen molar-refractivity contribution >= 4 is 5.57 Å². The van der Waals surface area contributed by atoms with E-state index < -0.39 is 0 Å². The average Bonchev–Trinajstić information content (AvgIpc) is 2.65. The van der Waals surface area contributed by atoms with E-state index in [2.05, 4.69) is 89.2 Å². The largest absolute Gasteiger partial charge is 1.00 e. The molecule has 1 aliphatic carbocycles. The van der Waals surface area contributed by atoms with E-state index >= 15 is 0 Å². The number of halogens is 2. The van der Waals surface area contributed by atoms with Crippen LogP contribution in [0.2, 0.25) is 0 Å². The monoisotopic (exact) mass is 471 g/mol. The van der Waals surface area contributed by atoms with Crippen molar-refractivity contribution in [2.24, 2.45) is 5.41 Å². The second-order valence-corrected chi connectivity index (χ2v) is 11.1. The van der Waals surface area contributed by atoms with Crippen molar-refractivity contribution in [1.82, 2.24) is 0 Å². The van der Waals surface area contributed by atoms with E-state index in [0.29, 0.717) is 0 Å². The minimum absolute atomic E-state index is 0. The van der Waals surface area contributed by atoms with Gasteiger partial charge in [0.05, 0.1) is 0 Å². The van der Waals surface area contributed by atoms with Gasteiger partial charge in [-0.05, 0) is 0 Å². The molecule has 0 aliphatic heterocycles. The Morgan fingerprint density at radius 3 is 1.62 bits per heavy atom. The van der Waals surface area contributed by atoms with Crippen molar-refractivity contribution in [2.75, 3.05) is 0 Å². The fraction of sp³-hybridized carbons (Fsp3) is 0.600. The van der Waals surface area contributed by atoms with Crippen LogP contribution in [-0.4, -0.2) is 0 Å². The Balaban J connectivity index is 0.00000392. The summed E-state index contributed by atoms with van der Waals surface area (Å²) in [6, 6.07) is 2.36. The van der Waals surface area contributed by atoms with Gasteiger partial charge in [-0.3, -0.25) is 0 Å². The first-order valence-corrected chi connectivity index (χ1v) is 10.6. The zero-order valence-corrected chi connectivity index (χ0v) is 23.3. The summed E-state index contributed by atoms with van der Waals surface area (Å²) in [5.74, 6) is 1.06. The predicted octanol–water partition coefficient (Wildman–Crippen LogP) is 1.59. The molecule has 161 valence electrons. The Labute approximate surface area is 203 Å². The summed E-state index contributed by atoms with van der Waals surface area (Å²) in [5.41, 5.74) is 11.3. The summed E-state index contributed by atoms with van der Waals surface area (Å²) in [7, 11) is 0. The summed E-state index contributed by atoms with van der Waals surface area (Å²) < 4.78 is 6.11. The van der Waals surface area contributed by atoms with Crippen LogP contribution in [0.1, 0.15) is 98.4 Å². The van der Waals surface area contributed by atoms with Crippen LogP contribution < -0.4 is 28.1 Å². The molecule has 0 heterocycles. The van der Waals surface area contributed by atoms with Gasteiger partial charge in [-0.1, -0.05) is 0 Å². The van der Waals surface area contributed by atoms with Crippen molar-refractivity contribution in [3.8, 4) is 5.75 Å². The molecule has 1 nitrogen and oxygen atoms in total. The van der Waals surface area contributed by atoms with Crippen LogP contribution in [-0.2, 0) is 31.7 Å². The van der Waals surface area contributed by atoms with Gasteiger partial charge in [0.25, 0.3) is 0 Å². The van der Waals surface area contributed by atoms with Gasteiger partial charge in [-0.2, -0.15) is 0 Å². The normalized spacial score (nSPS) is 16.6. The third-order valence-electron chi connectivity index (χ3n) is 6.45. The van der Waals surface area contributed by atoms with Gasteiger partial charge < -0.3 is 24.8 Å². The Morgan fingerprint density at radius 1 is 0.828 bits per heavy atom. The van der Waals surface area contributed by atoms with Gasteiger partial charge in [0.2, 0.25) is 0 Å². The predicted molar refractivity (Wildman–Crippen MR) is 114 cm³/mol. The van der Waals surface area contributed by atoms with Crippen molar-refractivity contribution in [3.05, 3.63) is 45.0 Å². The zero-order chi connectivity index (χ0) is 21.1. The molecule has 29 heavy (non-hydrogen) atoms. The van der Waals surface area contributed by atoms with Gasteiger partial charge in [-0.25, -0.2) is 0 Å². The molecule has 1 aromatic carbocycles. The number of benzene rings is 1. The van der Waals surface area contributed by atoms with Crippen molar-refractivity contribution in [2.45, 2.75) is 93.9 Å². The maximum atomic E-state index is 6.11. The smallest absolute Gasteiger partial charge is 1.00 e. The Morgan fingerprint density at radius 2 is 1.31 bits per heavy atom. The van der Waals surface area contributed by atoms with Crippen molar-refractivity contribution in [3.63, 3.8) is 0 Å². The number of aryl methyl sites for hydroxylation is 1. The van der Waals surface area contributed by atoms with Gasteiger partial charge >= 0.3 is 180 Å². The molecule has 1 aromatic rings. The molecular weight excluding hydrogens is 435 g/mol. The first kappa shape index (κ1) is 28.8. The summed E-state index contributed by atoms with van der Waals surface area (Å²) in [6.45, 7) is 27.6. The second-order valence-electron chi connectivity index (χ2n) is 10.8. The SMILES string of the molecule is CC1=C(C)C(C)(C)C(c2c(C)cc(C(C)(C)C)c([O][Ti+2])c2C(C)(C)C)=C1C.[Cl-].[Cl-]. The topological polar surface area (TPSA) is 9.23 Å². The van der Waals surface area contributed by atoms with Gasteiger partial charge in [0.1, 0.15) is 0 Å². The average molecular weight is 472 g/mol. The van der Waals surface area contributed by atoms with Crippen LogP contribution in [0.5, 0.6) is 5.75 Å². The van der Waals surface area contributed by atoms with E-state index in [4.69, 9.17) is 3.32 Å². The van der Waals surface area contributed by atoms with E-state index in [-0.39, 0.29) is 41.1 Å². The van der Waals surface area contributed by atoms with Crippen LogP contribution in [0.25, 0.3) is 5.57 Å². The minimum Gasteiger partial charge on any atom is -1.00 e. The van der Waals surface area contributed by atoms with Gasteiger partial charge in [0.15, 0.2) is 0 Å². The van der Waals surface area contributed by atoms with Gasteiger partial charge in [0, 0.05) is 0 Å². The van der Waals surface area contributed by atoms with Crippen molar-refractivity contribution in [1.29, 1.82) is 0 Å². The molecule has 0 spiro atoms. The first-order valence-electron chi connectivity index (χ1n) is 9.99. The molecule has 0 fully saturated rings. The molecule has 0 radical (unpaired) electrons. The number of hydrogen-bond donors (Lipinski definition) is 0. The molecule has 0 bridgehead atoms. The maximum Gasteiger partial charge on any atom is -1.00 e. The standard InChI is InChI=1S/C25H38O.2ClH.Ti/c1-14-13-18(23(5,6)7)22(26)21(24(8,9)10)19(14)20-16(3)15(2)17(4)25(20,11)12;;;/h13,26H,1-12H3;2*1H;/q;;;+3/p-3. The molecule has 0 N–H and O–H groups in total. The fourth-order valence-electron chi connectivity index (χ4n) is 4.59. The summed E-state index contributed by atoms with van der Waals surface area (Å²) in [4.78, 5) is 0. The molecule has 1 aliphatic rings. The molecule has 0 aromatic heterocycles. The van der Waals surface area contributed by atoms with Crippen LogP contribution in [0.4, 0.5) is 0 Å². The summed E-state index contributed by atoms with van der Waals surface area (Å²) in [6.07, 6.45) is 0. The second kappa shape index (κ2) is 9.11. The van der Waals surface area contributed by atoms with E-state index in [1.165, 1.54) is 44.5 Å². The molecule has 4 heteroatoms. The maximum absolute atomic E-state index is 6.11. The number of rotatable bonds is 2. The van der Waals surface area contributed by atoms with Crippen LogP contribution in [0.3, 0.4) is 0 Å².